The first-order valence-corrected chi connectivity index (χ1v) is 8.00. The lowest BCUT2D eigenvalue weighted by molar-refractivity contribution is -0.143. The normalized spacial score (nSPS) is 11.4. The number of rotatable bonds is 4. The predicted octanol–water partition coefficient (Wildman–Crippen LogP) is 4.27. The monoisotopic (exact) mass is 377 g/mol. The maximum atomic E-state index is 13.6. The molecule has 8 heteroatoms. The first-order valence-electron chi connectivity index (χ1n) is 8.00. The average Bonchev–Trinajstić information content (AvgIpc) is 3.06. The number of nitrogens with one attached hydrogen (secondary N) is 1. The molecule has 2 aromatic carbocycles. The Labute approximate surface area is 152 Å². The van der Waals surface area contributed by atoms with Gasteiger partial charge in [-0.25, -0.2) is 9.07 Å². The molecule has 1 N–H and O–H groups in total. The van der Waals surface area contributed by atoms with Crippen LogP contribution in [0.5, 0.6) is 0 Å². The van der Waals surface area contributed by atoms with Crippen LogP contribution in [0.15, 0.2) is 54.7 Å². The van der Waals surface area contributed by atoms with Crippen molar-refractivity contribution in [3.05, 3.63) is 82.9 Å². The first kappa shape index (κ1) is 18.6. The van der Waals surface area contributed by atoms with E-state index in [0.29, 0.717) is 4.68 Å². The maximum absolute atomic E-state index is 13.6. The highest BCUT2D eigenvalue weighted by Crippen LogP contribution is 2.33. The van der Waals surface area contributed by atoms with E-state index in [-0.39, 0.29) is 12.2 Å². The van der Waals surface area contributed by atoms with Crippen molar-refractivity contribution >= 4 is 5.91 Å². The quantitative estimate of drug-likeness (QED) is 0.691. The number of amides is 1. The zero-order chi connectivity index (χ0) is 19.6. The zero-order valence-corrected chi connectivity index (χ0v) is 14.2. The summed E-state index contributed by atoms with van der Waals surface area (Å²) in [5, 5.41) is 6.16. The summed E-state index contributed by atoms with van der Waals surface area (Å²) in [5.74, 6) is -1.48. The van der Waals surface area contributed by atoms with Gasteiger partial charge in [0.15, 0.2) is 5.69 Å². The number of aryl methyl sites for hydroxylation is 1. The number of hydrogen-bond acceptors (Lipinski definition) is 2. The molecule has 0 atom stereocenters. The average molecular weight is 377 g/mol. The van der Waals surface area contributed by atoms with Gasteiger partial charge in [-0.05, 0) is 36.8 Å². The minimum Gasteiger partial charge on any atom is -0.348 e. The van der Waals surface area contributed by atoms with Gasteiger partial charge in [0.25, 0.3) is 5.91 Å². The van der Waals surface area contributed by atoms with Crippen molar-refractivity contribution in [2.75, 3.05) is 0 Å². The van der Waals surface area contributed by atoms with Crippen LogP contribution in [-0.2, 0) is 12.7 Å². The van der Waals surface area contributed by atoms with Crippen molar-refractivity contribution in [3.63, 3.8) is 0 Å². The lowest BCUT2D eigenvalue weighted by Crippen LogP contribution is -2.26. The van der Waals surface area contributed by atoms with Crippen molar-refractivity contribution in [1.29, 1.82) is 0 Å². The van der Waals surface area contributed by atoms with Crippen LogP contribution in [0.2, 0.25) is 0 Å². The van der Waals surface area contributed by atoms with Gasteiger partial charge in [-0.2, -0.15) is 18.3 Å². The van der Waals surface area contributed by atoms with Crippen LogP contribution in [-0.4, -0.2) is 15.7 Å². The van der Waals surface area contributed by atoms with E-state index in [1.807, 2.05) is 19.1 Å². The number of halogens is 4. The zero-order valence-electron chi connectivity index (χ0n) is 14.2. The molecule has 27 heavy (non-hydrogen) atoms. The Hall–Kier alpha value is -3.16. The van der Waals surface area contributed by atoms with Gasteiger partial charge in [0.1, 0.15) is 5.82 Å². The second kappa shape index (κ2) is 7.22. The molecule has 0 aliphatic rings. The van der Waals surface area contributed by atoms with Crippen molar-refractivity contribution in [1.82, 2.24) is 15.1 Å². The molecule has 1 aromatic heterocycles. The lowest BCUT2D eigenvalue weighted by atomic mass is 10.1. The Morgan fingerprint density at radius 3 is 2.48 bits per heavy atom. The van der Waals surface area contributed by atoms with Crippen LogP contribution in [0.3, 0.4) is 0 Å². The third kappa shape index (κ3) is 4.16. The second-order valence-electron chi connectivity index (χ2n) is 5.96. The van der Waals surface area contributed by atoms with Crippen LogP contribution in [0.4, 0.5) is 17.6 Å². The molecule has 0 spiro atoms. The van der Waals surface area contributed by atoms with Gasteiger partial charge in [0, 0.05) is 6.54 Å². The highest BCUT2D eigenvalue weighted by atomic mass is 19.4. The molecule has 1 heterocycles. The van der Waals surface area contributed by atoms with E-state index in [1.54, 1.807) is 12.1 Å². The topological polar surface area (TPSA) is 46.9 Å². The van der Waals surface area contributed by atoms with Gasteiger partial charge in [-0.1, -0.05) is 29.8 Å². The number of benzene rings is 2. The molecule has 0 fully saturated rings. The lowest BCUT2D eigenvalue weighted by Gasteiger charge is -2.13. The molecule has 0 aliphatic carbocycles. The van der Waals surface area contributed by atoms with Gasteiger partial charge < -0.3 is 5.32 Å². The minimum absolute atomic E-state index is 0.00135. The largest absolute Gasteiger partial charge is 0.434 e. The summed E-state index contributed by atoms with van der Waals surface area (Å²) in [6.45, 7) is 1.96. The fourth-order valence-corrected chi connectivity index (χ4v) is 2.67. The molecular formula is C19H15F4N3O. The Bertz CT molecular complexity index is 962. The number of aromatic nitrogens is 2. The van der Waals surface area contributed by atoms with Gasteiger partial charge in [-0.3, -0.25) is 4.79 Å². The molecule has 0 saturated carbocycles. The van der Waals surface area contributed by atoms with E-state index in [9.17, 15) is 22.4 Å². The molecular weight excluding hydrogens is 362 g/mol. The van der Waals surface area contributed by atoms with Gasteiger partial charge in [0.2, 0.25) is 0 Å². The maximum Gasteiger partial charge on any atom is 0.434 e. The molecule has 0 unspecified atom stereocenters. The molecule has 4 nitrogen and oxygen atoms in total. The highest BCUT2D eigenvalue weighted by molar-refractivity contribution is 5.95. The fourth-order valence-electron chi connectivity index (χ4n) is 2.67. The number of alkyl halides is 3. The van der Waals surface area contributed by atoms with Crippen LogP contribution >= 0.6 is 0 Å². The summed E-state index contributed by atoms with van der Waals surface area (Å²) >= 11 is 0. The Morgan fingerprint density at radius 1 is 1.15 bits per heavy atom. The van der Waals surface area contributed by atoms with Crippen LogP contribution in [0.1, 0.15) is 27.2 Å². The summed E-state index contributed by atoms with van der Waals surface area (Å²) in [7, 11) is 0. The first-order chi connectivity index (χ1) is 12.8. The van der Waals surface area contributed by atoms with E-state index in [0.717, 1.165) is 41.6 Å². The van der Waals surface area contributed by atoms with Crippen LogP contribution in [0, 0.1) is 12.7 Å². The summed E-state index contributed by atoms with van der Waals surface area (Å²) < 4.78 is 54.3. The van der Waals surface area contributed by atoms with E-state index in [4.69, 9.17) is 0 Å². The van der Waals surface area contributed by atoms with Crippen molar-refractivity contribution in [2.45, 2.75) is 19.6 Å². The third-order valence-corrected chi connectivity index (χ3v) is 3.89. The minimum atomic E-state index is -4.82. The molecule has 0 radical (unpaired) electrons. The molecule has 0 bridgehead atoms. The van der Waals surface area contributed by atoms with E-state index in [2.05, 4.69) is 10.4 Å². The van der Waals surface area contributed by atoms with E-state index >= 15 is 0 Å². The molecule has 3 rings (SSSR count). The van der Waals surface area contributed by atoms with Crippen LogP contribution < -0.4 is 5.32 Å². The van der Waals surface area contributed by atoms with E-state index in [1.165, 1.54) is 0 Å². The Balaban J connectivity index is 1.90. The van der Waals surface area contributed by atoms with Crippen molar-refractivity contribution in [2.24, 2.45) is 0 Å². The summed E-state index contributed by atoms with van der Waals surface area (Å²) in [5.41, 5.74) is -0.0681. The summed E-state index contributed by atoms with van der Waals surface area (Å²) in [4.78, 5) is 12.3. The molecule has 3 aromatic rings. The van der Waals surface area contributed by atoms with E-state index < -0.39 is 29.2 Å². The van der Waals surface area contributed by atoms with Gasteiger partial charge in [-0.15, -0.1) is 0 Å². The standard InChI is InChI=1S/C19H15F4N3O/c1-12-3-2-4-13(9-12)10-24-18(27)16-11-25-26(17(16)19(21,22)23)15-7-5-14(20)6-8-15/h2-9,11H,10H2,1H3,(H,24,27). The van der Waals surface area contributed by atoms with Gasteiger partial charge in [0.05, 0.1) is 17.4 Å². The predicted molar refractivity (Wildman–Crippen MR) is 90.9 cm³/mol. The summed E-state index contributed by atoms with van der Waals surface area (Å²) in [6, 6.07) is 11.6. The smallest absolute Gasteiger partial charge is 0.348 e. The highest BCUT2D eigenvalue weighted by Gasteiger charge is 2.40. The SMILES string of the molecule is Cc1cccc(CNC(=O)c2cnn(-c3ccc(F)cc3)c2C(F)(F)F)c1. The Kier molecular flexibility index (Phi) is 4.98. The number of hydrogen-bond donors (Lipinski definition) is 1. The molecule has 0 aliphatic heterocycles. The number of carbonyl (C=O) groups excluding carboxylic acids is 1. The third-order valence-electron chi connectivity index (χ3n) is 3.89. The van der Waals surface area contributed by atoms with Crippen molar-refractivity contribution in [3.8, 4) is 5.69 Å². The van der Waals surface area contributed by atoms with Crippen LogP contribution in [0.25, 0.3) is 5.69 Å². The molecule has 140 valence electrons. The number of nitrogens with zero attached hydrogens (tertiary/aromatic N) is 2. The summed E-state index contributed by atoms with van der Waals surface area (Å²) in [6.07, 6.45) is -3.96. The molecule has 0 saturated heterocycles. The number of carbonyl (C=O) groups is 1. The fraction of sp³-hybridized carbons (Fsp3) is 0.158. The second-order valence-corrected chi connectivity index (χ2v) is 5.96. The molecule has 1 amide bonds. The van der Waals surface area contributed by atoms with Crippen molar-refractivity contribution < 1.29 is 22.4 Å². The van der Waals surface area contributed by atoms with Gasteiger partial charge >= 0.3 is 6.18 Å². The Morgan fingerprint density at radius 2 is 1.85 bits per heavy atom.